The maximum absolute atomic E-state index is 14.5. The molecule has 2 aromatic heterocycles. The summed E-state index contributed by atoms with van der Waals surface area (Å²) in [7, 11) is 0. The average molecular weight is 400 g/mol. The zero-order chi connectivity index (χ0) is 19.2. The van der Waals surface area contributed by atoms with Crippen molar-refractivity contribution < 1.29 is 13.5 Å². The summed E-state index contributed by atoms with van der Waals surface area (Å²) in [5.74, 6) is -0.673. The molecule has 0 spiro atoms. The molecule has 2 N–H and O–H groups in total. The maximum Gasteiger partial charge on any atom is 0.319 e. The molecule has 2 fully saturated rings. The van der Waals surface area contributed by atoms with E-state index in [1.807, 2.05) is 6.92 Å². The lowest BCUT2D eigenvalue weighted by Crippen LogP contribution is -2.43. The van der Waals surface area contributed by atoms with Gasteiger partial charge in [-0.3, -0.25) is 9.69 Å². The van der Waals surface area contributed by atoms with E-state index in [0.29, 0.717) is 19.5 Å². The molecule has 0 bridgehead atoms. The van der Waals surface area contributed by atoms with Gasteiger partial charge in [-0.05, 0) is 26.3 Å². The predicted molar refractivity (Wildman–Crippen MR) is 97.8 cm³/mol. The van der Waals surface area contributed by atoms with Crippen LogP contribution in [-0.4, -0.2) is 57.8 Å². The van der Waals surface area contributed by atoms with Gasteiger partial charge in [0.05, 0.1) is 5.54 Å². The third kappa shape index (κ3) is 3.12. The van der Waals surface area contributed by atoms with Crippen molar-refractivity contribution in [3.63, 3.8) is 0 Å². The van der Waals surface area contributed by atoms with Gasteiger partial charge in [-0.2, -0.15) is 9.97 Å². The molecule has 2 aliphatic heterocycles. The summed E-state index contributed by atoms with van der Waals surface area (Å²) < 4.78 is 34.1. The fourth-order valence-corrected chi connectivity index (χ4v) is 4.32. The lowest BCUT2D eigenvalue weighted by atomic mass is 9.95. The van der Waals surface area contributed by atoms with Gasteiger partial charge in [0, 0.05) is 19.5 Å². The second kappa shape index (κ2) is 6.87. The van der Waals surface area contributed by atoms with E-state index in [2.05, 4.69) is 25.2 Å². The zero-order valence-corrected chi connectivity index (χ0v) is 15.6. The first-order valence-electron chi connectivity index (χ1n) is 8.98. The van der Waals surface area contributed by atoms with E-state index in [-0.39, 0.29) is 34.9 Å². The molecule has 0 aromatic carbocycles. The third-order valence-electron chi connectivity index (χ3n) is 5.31. The lowest BCUT2D eigenvalue weighted by molar-refractivity contribution is 0.107. The van der Waals surface area contributed by atoms with Crippen molar-refractivity contribution in [2.75, 3.05) is 31.6 Å². The molecule has 0 amide bonds. The number of rotatable bonds is 5. The Balaban J connectivity index is 1.70. The number of fused-ring (bicyclic) bond motifs is 2. The van der Waals surface area contributed by atoms with E-state index in [0.717, 1.165) is 19.4 Å². The molecule has 27 heavy (non-hydrogen) atoms. The van der Waals surface area contributed by atoms with E-state index in [9.17, 15) is 13.6 Å². The van der Waals surface area contributed by atoms with Crippen molar-refractivity contribution in [2.45, 2.75) is 37.9 Å². The van der Waals surface area contributed by atoms with Gasteiger partial charge in [0.15, 0.2) is 5.82 Å². The summed E-state index contributed by atoms with van der Waals surface area (Å²) in [6, 6.07) is -0.0671. The fourth-order valence-electron chi connectivity index (χ4n) is 4.14. The van der Waals surface area contributed by atoms with Gasteiger partial charge >= 0.3 is 6.01 Å². The van der Waals surface area contributed by atoms with Crippen LogP contribution in [0.2, 0.25) is 5.15 Å². The summed E-state index contributed by atoms with van der Waals surface area (Å²) in [6.07, 6.45) is 1.34. The van der Waals surface area contributed by atoms with E-state index in [1.165, 1.54) is 0 Å². The minimum absolute atomic E-state index is 0.0172. The standard InChI is InChI=1S/C17H20ClF2N5O2/c1-2-21-14-10-12(11(20)13(18)23-15(10)26)22-16(24-14)27-8-17-4-3-5-25(17)7-9(19)6-17/h9H,2-8H2,1H3,(H,23,26)(H,21,22,24)/t9-,17+/m1/s1. The monoisotopic (exact) mass is 399 g/mol. The van der Waals surface area contributed by atoms with Gasteiger partial charge in [-0.15, -0.1) is 0 Å². The molecule has 0 saturated carbocycles. The topological polar surface area (TPSA) is 83.1 Å². The van der Waals surface area contributed by atoms with Crippen LogP contribution < -0.4 is 15.6 Å². The molecular weight excluding hydrogens is 380 g/mol. The molecule has 146 valence electrons. The largest absolute Gasteiger partial charge is 0.461 e. The van der Waals surface area contributed by atoms with Gasteiger partial charge < -0.3 is 15.0 Å². The van der Waals surface area contributed by atoms with Crippen molar-refractivity contribution in [3.05, 3.63) is 21.3 Å². The van der Waals surface area contributed by atoms with Crippen molar-refractivity contribution in [2.24, 2.45) is 0 Å². The highest BCUT2D eigenvalue weighted by Gasteiger charge is 2.49. The van der Waals surface area contributed by atoms with E-state index >= 15 is 0 Å². The summed E-state index contributed by atoms with van der Waals surface area (Å²) in [5, 5.41) is 2.49. The second-order valence-corrected chi connectivity index (χ2v) is 7.43. The van der Waals surface area contributed by atoms with Crippen LogP contribution in [0.15, 0.2) is 4.79 Å². The van der Waals surface area contributed by atoms with Gasteiger partial charge in [-0.25, -0.2) is 8.78 Å². The van der Waals surface area contributed by atoms with E-state index in [4.69, 9.17) is 16.3 Å². The van der Waals surface area contributed by atoms with E-state index < -0.39 is 22.7 Å². The predicted octanol–water partition coefficient (Wildman–Crippen LogP) is 2.50. The number of halogens is 3. The Labute approximate surface area is 159 Å². The molecule has 0 unspecified atom stereocenters. The number of hydrogen-bond donors (Lipinski definition) is 2. The highest BCUT2D eigenvalue weighted by molar-refractivity contribution is 6.30. The summed E-state index contributed by atoms with van der Waals surface area (Å²) in [5.41, 5.74) is -1.17. The number of nitrogens with one attached hydrogen (secondary N) is 2. The Morgan fingerprint density at radius 1 is 1.48 bits per heavy atom. The Morgan fingerprint density at radius 3 is 3.07 bits per heavy atom. The highest BCUT2D eigenvalue weighted by atomic mass is 35.5. The Hall–Kier alpha value is -2.00. The highest BCUT2D eigenvalue weighted by Crippen LogP contribution is 2.40. The van der Waals surface area contributed by atoms with Crippen molar-refractivity contribution in [3.8, 4) is 6.01 Å². The fraction of sp³-hybridized carbons (Fsp3) is 0.588. The van der Waals surface area contributed by atoms with Crippen LogP contribution in [-0.2, 0) is 0 Å². The molecule has 10 heteroatoms. The number of pyridine rings is 1. The zero-order valence-electron chi connectivity index (χ0n) is 14.8. The van der Waals surface area contributed by atoms with Gasteiger partial charge in [0.25, 0.3) is 5.56 Å². The smallest absolute Gasteiger partial charge is 0.319 e. The first-order chi connectivity index (χ1) is 12.9. The number of H-pyrrole nitrogens is 1. The Kier molecular flexibility index (Phi) is 4.67. The first kappa shape index (κ1) is 18.4. The summed E-state index contributed by atoms with van der Waals surface area (Å²) >= 11 is 5.74. The maximum atomic E-state index is 14.5. The Bertz CT molecular complexity index is 940. The molecule has 4 heterocycles. The molecule has 7 nitrogen and oxygen atoms in total. The molecule has 2 atom stereocenters. The molecule has 2 aliphatic rings. The van der Waals surface area contributed by atoms with Gasteiger partial charge in [0.1, 0.15) is 34.7 Å². The van der Waals surface area contributed by atoms with Crippen molar-refractivity contribution in [1.29, 1.82) is 0 Å². The van der Waals surface area contributed by atoms with Crippen LogP contribution in [0.4, 0.5) is 14.6 Å². The number of aromatic nitrogens is 3. The molecule has 0 aliphatic carbocycles. The van der Waals surface area contributed by atoms with Crippen molar-refractivity contribution in [1.82, 2.24) is 19.9 Å². The molecular formula is C17H20ClF2N5O2. The number of aromatic amines is 1. The number of hydrogen-bond acceptors (Lipinski definition) is 6. The van der Waals surface area contributed by atoms with Crippen LogP contribution in [0.1, 0.15) is 26.2 Å². The molecule has 0 radical (unpaired) electrons. The van der Waals surface area contributed by atoms with Gasteiger partial charge in [-0.1, -0.05) is 11.6 Å². The van der Waals surface area contributed by atoms with Gasteiger partial charge in [0.2, 0.25) is 0 Å². The van der Waals surface area contributed by atoms with Crippen LogP contribution >= 0.6 is 11.6 Å². The van der Waals surface area contributed by atoms with Crippen LogP contribution in [0.5, 0.6) is 6.01 Å². The Morgan fingerprint density at radius 2 is 2.30 bits per heavy atom. The number of nitrogens with zero attached hydrogens (tertiary/aromatic N) is 3. The summed E-state index contributed by atoms with van der Waals surface area (Å²) in [6.45, 7) is 3.75. The normalized spacial score (nSPS) is 25.1. The number of ether oxygens (including phenoxy) is 1. The number of alkyl halides is 1. The van der Waals surface area contributed by atoms with Crippen LogP contribution in [0.3, 0.4) is 0 Å². The van der Waals surface area contributed by atoms with Crippen LogP contribution in [0.25, 0.3) is 10.9 Å². The SMILES string of the molecule is CCNc1nc(OC[C@@]23CCCN2C[C@H](F)C3)nc2c(F)c(Cl)[nH]c(=O)c12. The number of anilines is 1. The second-order valence-electron chi connectivity index (χ2n) is 7.05. The van der Waals surface area contributed by atoms with E-state index in [1.54, 1.807) is 0 Å². The average Bonchev–Trinajstić information content (AvgIpc) is 3.13. The first-order valence-corrected chi connectivity index (χ1v) is 9.36. The minimum atomic E-state index is -0.876. The molecule has 4 rings (SSSR count). The van der Waals surface area contributed by atoms with Crippen LogP contribution in [0, 0.1) is 5.82 Å². The molecule has 2 aromatic rings. The molecule has 2 saturated heterocycles. The quantitative estimate of drug-likeness (QED) is 0.752. The summed E-state index contributed by atoms with van der Waals surface area (Å²) in [4.78, 5) is 24.8. The van der Waals surface area contributed by atoms with Crippen molar-refractivity contribution >= 4 is 28.3 Å². The third-order valence-corrected chi connectivity index (χ3v) is 5.57. The lowest BCUT2D eigenvalue weighted by Gasteiger charge is -2.30. The minimum Gasteiger partial charge on any atom is -0.461 e.